The summed E-state index contributed by atoms with van der Waals surface area (Å²) in [7, 11) is 0. The summed E-state index contributed by atoms with van der Waals surface area (Å²) in [4.78, 5) is 12.4. The van der Waals surface area contributed by atoms with Gasteiger partial charge >= 0.3 is 0 Å². The van der Waals surface area contributed by atoms with Gasteiger partial charge in [-0.1, -0.05) is 66.7 Å². The Morgan fingerprint density at radius 1 is 0.789 bits per heavy atom. The molecule has 4 rings (SSSR count). The third kappa shape index (κ3) is 7.49. The number of carbonyl (C=O) groups is 1. The lowest BCUT2D eigenvalue weighted by molar-refractivity contribution is -0.112. The van der Waals surface area contributed by atoms with E-state index in [4.69, 9.17) is 14.2 Å². The first-order valence-electron chi connectivity index (χ1n) is 12.3. The van der Waals surface area contributed by atoms with Crippen LogP contribution in [0.15, 0.2) is 109 Å². The summed E-state index contributed by atoms with van der Waals surface area (Å²) in [6.45, 7) is 3.26. The maximum atomic E-state index is 12.4. The Morgan fingerprint density at radius 3 is 2.16 bits per heavy atom. The number of rotatable bonds is 11. The minimum absolute atomic E-state index is 0.0144. The molecule has 190 valence electrons. The molecule has 0 aliphatic heterocycles. The van der Waals surface area contributed by atoms with Crippen LogP contribution in [-0.4, -0.2) is 12.5 Å². The van der Waals surface area contributed by atoms with E-state index in [0.717, 1.165) is 16.7 Å². The van der Waals surface area contributed by atoms with Crippen molar-refractivity contribution in [3.63, 3.8) is 0 Å². The van der Waals surface area contributed by atoms with E-state index in [1.807, 2.05) is 79.7 Å². The Bertz CT molecular complexity index is 1410. The summed E-state index contributed by atoms with van der Waals surface area (Å²) < 4.78 is 17.7. The minimum Gasteiger partial charge on any atom is -0.490 e. The molecule has 0 bridgehead atoms. The largest absolute Gasteiger partial charge is 0.490 e. The summed E-state index contributed by atoms with van der Waals surface area (Å²) in [6, 6.07) is 33.9. The molecule has 0 saturated carbocycles. The van der Waals surface area contributed by atoms with Crippen LogP contribution in [0.4, 0.5) is 5.69 Å². The highest BCUT2D eigenvalue weighted by Gasteiger charge is 2.10. The molecular formula is C32H28N2O4. The molecule has 0 fully saturated rings. The topological polar surface area (TPSA) is 80.6 Å². The van der Waals surface area contributed by atoms with Gasteiger partial charge in [-0.05, 0) is 66.1 Å². The molecule has 1 N–H and O–H groups in total. The van der Waals surface area contributed by atoms with Gasteiger partial charge in [0.05, 0.1) is 6.61 Å². The SMILES string of the molecule is CCOc1cc(COc2ccc(/C=C(\C#N)C(=O)Nc3ccccc3)cc2)ccc1OCc1ccccc1. The van der Waals surface area contributed by atoms with Crippen molar-refractivity contribution in [3.8, 4) is 23.3 Å². The summed E-state index contributed by atoms with van der Waals surface area (Å²) in [5, 5.41) is 12.2. The molecule has 1 amide bonds. The summed E-state index contributed by atoms with van der Waals surface area (Å²) in [6.07, 6.45) is 1.55. The lowest BCUT2D eigenvalue weighted by atomic mass is 10.1. The molecule has 0 radical (unpaired) electrons. The molecule has 6 heteroatoms. The van der Waals surface area contributed by atoms with Crippen LogP contribution in [0.5, 0.6) is 17.2 Å². The molecule has 0 atom stereocenters. The normalized spacial score (nSPS) is 10.8. The van der Waals surface area contributed by atoms with Gasteiger partial charge in [-0.15, -0.1) is 0 Å². The lowest BCUT2D eigenvalue weighted by Gasteiger charge is -2.14. The lowest BCUT2D eigenvalue weighted by Crippen LogP contribution is -2.13. The van der Waals surface area contributed by atoms with Crippen LogP contribution in [0.2, 0.25) is 0 Å². The monoisotopic (exact) mass is 504 g/mol. The predicted octanol–water partition coefficient (Wildman–Crippen LogP) is 6.79. The first kappa shape index (κ1) is 26.1. The smallest absolute Gasteiger partial charge is 0.266 e. The summed E-state index contributed by atoms with van der Waals surface area (Å²) >= 11 is 0. The van der Waals surface area contributed by atoms with Gasteiger partial charge in [0.1, 0.15) is 30.6 Å². The zero-order valence-electron chi connectivity index (χ0n) is 21.1. The highest BCUT2D eigenvalue weighted by Crippen LogP contribution is 2.30. The van der Waals surface area contributed by atoms with Crippen molar-refractivity contribution in [3.05, 3.63) is 125 Å². The number of amides is 1. The first-order chi connectivity index (χ1) is 18.6. The fourth-order valence-corrected chi connectivity index (χ4v) is 3.63. The maximum absolute atomic E-state index is 12.4. The number of anilines is 1. The van der Waals surface area contributed by atoms with Crippen LogP contribution in [0.3, 0.4) is 0 Å². The van der Waals surface area contributed by atoms with E-state index in [1.54, 1.807) is 42.5 Å². The summed E-state index contributed by atoms with van der Waals surface area (Å²) in [5.74, 6) is 1.56. The van der Waals surface area contributed by atoms with Crippen LogP contribution < -0.4 is 19.5 Å². The zero-order chi connectivity index (χ0) is 26.6. The Balaban J connectivity index is 1.36. The highest BCUT2D eigenvalue weighted by molar-refractivity contribution is 6.09. The number of nitriles is 1. The van der Waals surface area contributed by atoms with Crippen molar-refractivity contribution in [2.75, 3.05) is 11.9 Å². The molecular weight excluding hydrogens is 476 g/mol. The summed E-state index contributed by atoms with van der Waals surface area (Å²) in [5.41, 5.74) is 3.38. The maximum Gasteiger partial charge on any atom is 0.266 e. The van der Waals surface area contributed by atoms with Crippen LogP contribution in [0, 0.1) is 11.3 Å². The van der Waals surface area contributed by atoms with E-state index in [2.05, 4.69) is 5.32 Å². The minimum atomic E-state index is -0.458. The van der Waals surface area contributed by atoms with E-state index in [9.17, 15) is 10.1 Å². The van der Waals surface area contributed by atoms with E-state index < -0.39 is 5.91 Å². The van der Waals surface area contributed by atoms with Gasteiger partial charge in [0, 0.05) is 5.69 Å². The third-order valence-corrected chi connectivity index (χ3v) is 5.54. The molecule has 0 spiro atoms. The van der Waals surface area contributed by atoms with Gasteiger partial charge in [0.25, 0.3) is 5.91 Å². The van der Waals surface area contributed by atoms with Crippen molar-refractivity contribution in [1.29, 1.82) is 5.26 Å². The van der Waals surface area contributed by atoms with Gasteiger partial charge in [0.15, 0.2) is 11.5 Å². The molecule has 4 aromatic carbocycles. The van der Waals surface area contributed by atoms with Crippen LogP contribution in [-0.2, 0) is 18.0 Å². The fourth-order valence-electron chi connectivity index (χ4n) is 3.63. The molecule has 38 heavy (non-hydrogen) atoms. The number of nitrogens with zero attached hydrogens (tertiary/aromatic N) is 1. The average molecular weight is 505 g/mol. The van der Waals surface area contributed by atoms with Gasteiger partial charge in [-0.25, -0.2) is 0 Å². The first-order valence-corrected chi connectivity index (χ1v) is 12.3. The quantitative estimate of drug-likeness (QED) is 0.180. The molecule has 0 aliphatic rings. The molecule has 0 heterocycles. The third-order valence-electron chi connectivity index (χ3n) is 5.54. The number of hydrogen-bond acceptors (Lipinski definition) is 5. The van der Waals surface area contributed by atoms with Gasteiger partial charge in [0.2, 0.25) is 0 Å². The number of para-hydroxylation sites is 1. The molecule has 0 unspecified atom stereocenters. The van der Waals surface area contributed by atoms with E-state index >= 15 is 0 Å². The Morgan fingerprint density at radius 2 is 1.47 bits per heavy atom. The van der Waals surface area contributed by atoms with Crippen LogP contribution in [0.1, 0.15) is 23.6 Å². The molecule has 0 aromatic heterocycles. The Kier molecular flexibility index (Phi) is 9.14. The molecule has 0 saturated heterocycles. The molecule has 4 aromatic rings. The number of nitrogens with one attached hydrogen (secondary N) is 1. The number of benzene rings is 4. The Hall–Kier alpha value is -5.02. The Labute approximate surface area is 222 Å². The van der Waals surface area contributed by atoms with Crippen molar-refractivity contribution in [1.82, 2.24) is 0 Å². The van der Waals surface area contributed by atoms with Crippen LogP contribution >= 0.6 is 0 Å². The zero-order valence-corrected chi connectivity index (χ0v) is 21.1. The fraction of sp³-hybridized carbons (Fsp3) is 0.125. The standard InChI is InChI=1S/C32H28N2O4/c1-2-36-31-20-26(15-18-30(31)38-22-25-9-5-3-6-10-25)23-37-29-16-13-24(14-17-29)19-27(21-33)32(35)34-28-11-7-4-8-12-28/h3-20H,2,22-23H2,1H3,(H,34,35)/b27-19+. The molecule has 0 aliphatic carbocycles. The van der Waals surface area contributed by atoms with Gasteiger partial charge < -0.3 is 19.5 Å². The van der Waals surface area contributed by atoms with Crippen LogP contribution in [0.25, 0.3) is 6.08 Å². The number of hydrogen-bond donors (Lipinski definition) is 1. The predicted molar refractivity (Wildman–Crippen MR) is 148 cm³/mol. The van der Waals surface area contributed by atoms with Crippen molar-refractivity contribution in [2.24, 2.45) is 0 Å². The van der Waals surface area contributed by atoms with Crippen molar-refractivity contribution in [2.45, 2.75) is 20.1 Å². The van der Waals surface area contributed by atoms with E-state index in [0.29, 0.717) is 42.8 Å². The highest BCUT2D eigenvalue weighted by atomic mass is 16.5. The second-order valence-corrected chi connectivity index (χ2v) is 8.34. The van der Waals surface area contributed by atoms with Gasteiger partial charge in [-0.3, -0.25) is 4.79 Å². The van der Waals surface area contributed by atoms with E-state index in [-0.39, 0.29) is 5.57 Å². The number of carbonyl (C=O) groups excluding carboxylic acids is 1. The van der Waals surface area contributed by atoms with Crippen molar-refractivity contribution >= 4 is 17.7 Å². The molecule has 6 nitrogen and oxygen atoms in total. The second kappa shape index (κ2) is 13.3. The average Bonchev–Trinajstić information content (AvgIpc) is 2.96. The number of ether oxygens (including phenoxy) is 3. The van der Waals surface area contributed by atoms with E-state index in [1.165, 1.54) is 0 Å². The van der Waals surface area contributed by atoms with Crippen molar-refractivity contribution < 1.29 is 19.0 Å². The second-order valence-electron chi connectivity index (χ2n) is 8.34. The van der Waals surface area contributed by atoms with Gasteiger partial charge in [-0.2, -0.15) is 5.26 Å².